The van der Waals surface area contributed by atoms with Crippen LogP contribution >= 0.6 is 0 Å². The minimum Gasteiger partial charge on any atom is -0.467 e. The summed E-state index contributed by atoms with van der Waals surface area (Å²) in [5.74, 6) is 1.15. The molecule has 5 heteroatoms. The molecule has 0 aliphatic heterocycles. The van der Waals surface area contributed by atoms with Gasteiger partial charge in [0.15, 0.2) is 0 Å². The Morgan fingerprint density at radius 1 is 1.38 bits per heavy atom. The number of allylic oxidation sites excluding steroid dienone is 1. The molecule has 0 radical (unpaired) electrons. The third-order valence-corrected chi connectivity index (χ3v) is 4.20. The summed E-state index contributed by atoms with van der Waals surface area (Å²) in [5.41, 5.74) is 2.16. The van der Waals surface area contributed by atoms with Gasteiger partial charge in [-0.3, -0.25) is 0 Å². The van der Waals surface area contributed by atoms with Gasteiger partial charge in [-0.2, -0.15) is 0 Å². The number of furan rings is 1. The SMILES string of the molecule is CCN(C)C=NC1=CC(OC)C(CCOCc2ccco2)C=C1C. The second kappa shape index (κ2) is 9.45. The molecule has 0 saturated heterocycles. The summed E-state index contributed by atoms with van der Waals surface area (Å²) < 4.78 is 16.6. The van der Waals surface area contributed by atoms with Gasteiger partial charge in [0, 0.05) is 33.2 Å². The number of ether oxygens (including phenoxy) is 2. The van der Waals surface area contributed by atoms with Crippen molar-refractivity contribution in [1.82, 2.24) is 4.90 Å². The molecule has 1 heterocycles. The van der Waals surface area contributed by atoms with Crippen molar-refractivity contribution >= 4 is 6.34 Å². The molecule has 24 heavy (non-hydrogen) atoms. The number of nitrogens with zero attached hydrogens (tertiary/aromatic N) is 2. The molecular formula is C19H28N2O3. The second-order valence-electron chi connectivity index (χ2n) is 6.00. The zero-order chi connectivity index (χ0) is 17.4. The summed E-state index contributed by atoms with van der Waals surface area (Å²) >= 11 is 0. The van der Waals surface area contributed by atoms with Crippen molar-refractivity contribution < 1.29 is 13.9 Å². The first-order valence-corrected chi connectivity index (χ1v) is 8.42. The molecule has 1 aromatic rings. The van der Waals surface area contributed by atoms with E-state index in [4.69, 9.17) is 13.9 Å². The highest BCUT2D eigenvalue weighted by Crippen LogP contribution is 2.28. The van der Waals surface area contributed by atoms with Crippen molar-refractivity contribution in [2.45, 2.75) is 33.0 Å². The average molecular weight is 332 g/mol. The molecule has 0 saturated carbocycles. The maximum absolute atomic E-state index is 5.69. The van der Waals surface area contributed by atoms with E-state index in [1.807, 2.05) is 30.4 Å². The van der Waals surface area contributed by atoms with Crippen molar-refractivity contribution in [3.8, 4) is 0 Å². The number of hydrogen-bond acceptors (Lipinski definition) is 4. The van der Waals surface area contributed by atoms with Gasteiger partial charge in [0.25, 0.3) is 0 Å². The zero-order valence-electron chi connectivity index (χ0n) is 15.1. The number of aliphatic imine (C=N–C) groups is 1. The standard InChI is InChI=1S/C19H28N2O3/c1-5-21(3)14-20-18-12-19(22-4)16(11-15(18)2)8-10-23-13-17-7-6-9-24-17/h6-7,9,11-12,14,16,19H,5,8,10,13H2,1-4H3. The smallest absolute Gasteiger partial charge is 0.129 e. The van der Waals surface area contributed by atoms with Crippen molar-refractivity contribution in [3.05, 3.63) is 47.6 Å². The van der Waals surface area contributed by atoms with Crippen LogP contribution in [-0.2, 0) is 16.1 Å². The molecule has 0 bridgehead atoms. The van der Waals surface area contributed by atoms with Crippen molar-refractivity contribution in [3.63, 3.8) is 0 Å². The van der Waals surface area contributed by atoms with Gasteiger partial charge in [-0.25, -0.2) is 4.99 Å². The first-order chi connectivity index (χ1) is 11.6. The summed E-state index contributed by atoms with van der Waals surface area (Å²) in [6.07, 6.45) is 8.80. The predicted molar refractivity (Wildman–Crippen MR) is 95.9 cm³/mol. The molecule has 0 fully saturated rings. The Balaban J connectivity index is 1.87. The fourth-order valence-corrected chi connectivity index (χ4v) is 2.58. The topological polar surface area (TPSA) is 47.2 Å². The van der Waals surface area contributed by atoms with Crippen LogP contribution in [0.1, 0.15) is 26.0 Å². The van der Waals surface area contributed by atoms with Crippen LogP contribution in [0.3, 0.4) is 0 Å². The van der Waals surface area contributed by atoms with Crippen LogP contribution in [0.2, 0.25) is 0 Å². The minimum absolute atomic E-state index is 0.0278. The Bertz CT molecular complexity index is 575. The normalized spacial score (nSPS) is 21.0. The molecule has 0 amide bonds. The van der Waals surface area contributed by atoms with Crippen LogP contribution in [0.4, 0.5) is 0 Å². The van der Waals surface area contributed by atoms with Gasteiger partial charge >= 0.3 is 0 Å². The summed E-state index contributed by atoms with van der Waals surface area (Å²) in [6.45, 7) is 6.30. The predicted octanol–water partition coefficient (Wildman–Crippen LogP) is 3.64. The van der Waals surface area contributed by atoms with Crippen LogP contribution in [0.25, 0.3) is 0 Å². The van der Waals surface area contributed by atoms with Crippen LogP contribution in [0, 0.1) is 5.92 Å². The molecule has 2 unspecified atom stereocenters. The van der Waals surface area contributed by atoms with Crippen LogP contribution in [-0.4, -0.2) is 44.7 Å². The zero-order valence-corrected chi connectivity index (χ0v) is 15.1. The Kier molecular flexibility index (Phi) is 7.28. The van der Waals surface area contributed by atoms with Crippen LogP contribution in [0.15, 0.2) is 51.2 Å². The third kappa shape index (κ3) is 5.35. The van der Waals surface area contributed by atoms with E-state index < -0.39 is 0 Å². The molecule has 0 aromatic carbocycles. The lowest BCUT2D eigenvalue weighted by Crippen LogP contribution is -2.24. The highest BCUT2D eigenvalue weighted by molar-refractivity contribution is 5.58. The lowest BCUT2D eigenvalue weighted by molar-refractivity contribution is 0.0622. The van der Waals surface area contributed by atoms with E-state index in [0.29, 0.717) is 19.1 Å². The number of methoxy groups -OCH3 is 1. The molecule has 1 aromatic heterocycles. The highest BCUT2D eigenvalue weighted by atomic mass is 16.5. The van der Waals surface area contributed by atoms with Crippen LogP contribution < -0.4 is 0 Å². The quantitative estimate of drug-likeness (QED) is 0.393. The van der Waals surface area contributed by atoms with Crippen molar-refractivity contribution in [1.29, 1.82) is 0 Å². The van der Waals surface area contributed by atoms with E-state index in [1.54, 1.807) is 13.4 Å². The summed E-state index contributed by atoms with van der Waals surface area (Å²) in [7, 11) is 3.75. The second-order valence-corrected chi connectivity index (χ2v) is 6.00. The molecular weight excluding hydrogens is 304 g/mol. The van der Waals surface area contributed by atoms with Gasteiger partial charge in [-0.1, -0.05) is 6.08 Å². The van der Waals surface area contributed by atoms with E-state index in [9.17, 15) is 0 Å². The summed E-state index contributed by atoms with van der Waals surface area (Å²) in [6, 6.07) is 3.79. The Labute approximate surface area is 144 Å². The maximum Gasteiger partial charge on any atom is 0.129 e. The van der Waals surface area contributed by atoms with Gasteiger partial charge in [-0.05, 0) is 44.1 Å². The molecule has 5 nitrogen and oxygen atoms in total. The fourth-order valence-electron chi connectivity index (χ4n) is 2.58. The van der Waals surface area contributed by atoms with Crippen molar-refractivity contribution in [2.75, 3.05) is 27.3 Å². The number of hydrogen-bond donors (Lipinski definition) is 0. The summed E-state index contributed by atoms with van der Waals surface area (Å²) in [5, 5.41) is 0. The van der Waals surface area contributed by atoms with E-state index in [0.717, 1.165) is 24.4 Å². The van der Waals surface area contributed by atoms with Crippen LogP contribution in [0.5, 0.6) is 0 Å². The first kappa shape index (κ1) is 18.5. The molecule has 1 aliphatic carbocycles. The minimum atomic E-state index is 0.0278. The first-order valence-electron chi connectivity index (χ1n) is 8.42. The molecule has 1 aliphatic rings. The van der Waals surface area contributed by atoms with Crippen molar-refractivity contribution in [2.24, 2.45) is 10.9 Å². The van der Waals surface area contributed by atoms with E-state index in [2.05, 4.69) is 31.0 Å². The fraction of sp³-hybridized carbons (Fsp3) is 0.526. The van der Waals surface area contributed by atoms with E-state index >= 15 is 0 Å². The molecule has 0 spiro atoms. The Morgan fingerprint density at radius 2 is 2.21 bits per heavy atom. The van der Waals surface area contributed by atoms with Gasteiger partial charge in [0.2, 0.25) is 0 Å². The average Bonchev–Trinajstić information content (AvgIpc) is 3.11. The Hall–Kier alpha value is -1.85. The molecule has 2 atom stereocenters. The lowest BCUT2D eigenvalue weighted by Gasteiger charge is -2.26. The molecule has 0 N–H and O–H groups in total. The molecule has 2 rings (SSSR count). The summed E-state index contributed by atoms with van der Waals surface area (Å²) in [4.78, 5) is 6.61. The van der Waals surface area contributed by atoms with E-state index in [1.165, 1.54) is 5.57 Å². The van der Waals surface area contributed by atoms with Gasteiger partial charge < -0.3 is 18.8 Å². The monoisotopic (exact) mass is 332 g/mol. The lowest BCUT2D eigenvalue weighted by atomic mass is 9.90. The number of rotatable bonds is 9. The maximum atomic E-state index is 5.69. The largest absolute Gasteiger partial charge is 0.467 e. The van der Waals surface area contributed by atoms with Gasteiger partial charge in [-0.15, -0.1) is 0 Å². The van der Waals surface area contributed by atoms with E-state index in [-0.39, 0.29) is 6.10 Å². The van der Waals surface area contributed by atoms with Gasteiger partial charge in [0.05, 0.1) is 24.4 Å². The van der Waals surface area contributed by atoms with Gasteiger partial charge in [0.1, 0.15) is 12.4 Å². The Morgan fingerprint density at radius 3 is 2.88 bits per heavy atom. The molecule has 132 valence electrons. The third-order valence-electron chi connectivity index (χ3n) is 4.20. The highest BCUT2D eigenvalue weighted by Gasteiger charge is 2.23.